The van der Waals surface area contributed by atoms with Gasteiger partial charge in [-0.1, -0.05) is 36.2 Å². The zero-order valence-corrected chi connectivity index (χ0v) is 17.9. The molecule has 0 radical (unpaired) electrons. The minimum absolute atomic E-state index is 0.0277. The van der Waals surface area contributed by atoms with E-state index in [-0.39, 0.29) is 39.4 Å². The van der Waals surface area contributed by atoms with Crippen molar-refractivity contribution in [1.29, 1.82) is 0 Å². The van der Waals surface area contributed by atoms with Gasteiger partial charge in [0.15, 0.2) is 17.3 Å². The summed E-state index contributed by atoms with van der Waals surface area (Å²) >= 11 is 11.9. The molecule has 0 bridgehead atoms. The summed E-state index contributed by atoms with van der Waals surface area (Å²) in [6.45, 7) is 1.53. The Morgan fingerprint density at radius 1 is 1.25 bits per heavy atom. The predicted octanol–water partition coefficient (Wildman–Crippen LogP) is 5.74. The van der Waals surface area contributed by atoms with Crippen molar-refractivity contribution >= 4 is 34.8 Å². The highest BCUT2D eigenvalue weighted by molar-refractivity contribution is 6.32. The van der Waals surface area contributed by atoms with E-state index in [1.165, 1.54) is 12.1 Å². The maximum atomic E-state index is 15.0. The highest BCUT2D eigenvalue weighted by Crippen LogP contribution is 2.38. The molecule has 0 atom stereocenters. The van der Waals surface area contributed by atoms with Gasteiger partial charge in [-0.15, -0.1) is 0 Å². The number of hydrogen-bond donors (Lipinski definition) is 3. The Labute approximate surface area is 189 Å². The van der Waals surface area contributed by atoms with E-state index >= 15 is 0 Å². The van der Waals surface area contributed by atoms with E-state index in [0.717, 1.165) is 12.1 Å². The third-order valence-electron chi connectivity index (χ3n) is 4.30. The first-order valence-electron chi connectivity index (χ1n) is 9.14. The summed E-state index contributed by atoms with van der Waals surface area (Å²) < 4.78 is 59.3. The largest absolute Gasteiger partial charge is 0.453 e. The fraction of sp³-hybridized carbons (Fsp3) is 0.200. The van der Waals surface area contributed by atoms with Gasteiger partial charge in [0.2, 0.25) is 0 Å². The average molecular weight is 491 g/mol. The van der Waals surface area contributed by atoms with Gasteiger partial charge in [-0.3, -0.25) is 4.79 Å². The molecule has 2 aromatic carbocycles. The molecule has 0 saturated heterocycles. The molecular weight excluding hydrogens is 475 g/mol. The number of aromatic nitrogens is 2. The molecule has 3 rings (SSSR count). The number of anilines is 1. The highest BCUT2D eigenvalue weighted by Gasteiger charge is 2.31. The average Bonchev–Trinajstić information content (AvgIpc) is 3.10. The highest BCUT2D eigenvalue weighted by atomic mass is 35.5. The lowest BCUT2D eigenvalue weighted by Gasteiger charge is -2.14. The third-order valence-corrected chi connectivity index (χ3v) is 4.87. The lowest BCUT2D eigenvalue weighted by Crippen LogP contribution is -2.24. The lowest BCUT2D eigenvalue weighted by atomic mass is 10.1. The van der Waals surface area contributed by atoms with Gasteiger partial charge in [0.25, 0.3) is 5.91 Å². The number of aromatic amines is 1. The van der Waals surface area contributed by atoms with Crippen molar-refractivity contribution < 1.29 is 27.1 Å². The smallest absolute Gasteiger partial charge is 0.416 e. The Bertz CT molecular complexity index is 1170. The van der Waals surface area contributed by atoms with Crippen LogP contribution in [0.15, 0.2) is 30.3 Å². The fourth-order valence-electron chi connectivity index (χ4n) is 2.74. The zero-order valence-electron chi connectivity index (χ0n) is 16.4. The molecule has 0 aliphatic rings. The van der Waals surface area contributed by atoms with Crippen LogP contribution in [0, 0.1) is 5.82 Å². The van der Waals surface area contributed by atoms with E-state index in [9.17, 15) is 22.4 Å². The van der Waals surface area contributed by atoms with Crippen LogP contribution < -0.4 is 15.8 Å². The second-order valence-corrected chi connectivity index (χ2v) is 7.41. The standard InChI is InChI=1S/C20H16Cl2F4N4O2/c1-2-14-29-16(18(22)30-14)19(31)28-8-9-3-4-13(21)17(15(9)23)32-12-6-10(20(24,25)26)5-11(27)7-12/h3-7H,2,8,27H2,1H3,(H,28,31)(H,29,30). The molecule has 1 amide bonds. The van der Waals surface area contributed by atoms with Crippen LogP contribution in [0.5, 0.6) is 11.5 Å². The van der Waals surface area contributed by atoms with E-state index in [0.29, 0.717) is 18.3 Å². The minimum atomic E-state index is -4.67. The molecule has 0 unspecified atom stereocenters. The first-order chi connectivity index (χ1) is 15.0. The van der Waals surface area contributed by atoms with Gasteiger partial charge in [0, 0.05) is 30.3 Å². The molecule has 0 fully saturated rings. The summed E-state index contributed by atoms with van der Waals surface area (Å²) in [7, 11) is 0. The Morgan fingerprint density at radius 2 is 1.97 bits per heavy atom. The maximum Gasteiger partial charge on any atom is 0.416 e. The molecule has 6 nitrogen and oxygen atoms in total. The second-order valence-electron chi connectivity index (χ2n) is 6.62. The number of alkyl halides is 3. The molecule has 1 heterocycles. The number of nitrogens with one attached hydrogen (secondary N) is 2. The van der Waals surface area contributed by atoms with Crippen LogP contribution >= 0.6 is 23.2 Å². The molecule has 3 aromatic rings. The molecule has 0 saturated carbocycles. The summed E-state index contributed by atoms with van der Waals surface area (Å²) in [5.41, 5.74) is 4.14. The summed E-state index contributed by atoms with van der Waals surface area (Å²) in [6.07, 6.45) is -4.15. The number of halogens is 6. The van der Waals surface area contributed by atoms with Crippen molar-refractivity contribution in [2.45, 2.75) is 26.1 Å². The van der Waals surface area contributed by atoms with Crippen LogP contribution in [0.1, 0.15) is 34.4 Å². The van der Waals surface area contributed by atoms with Gasteiger partial charge in [-0.05, 0) is 18.2 Å². The Hall–Kier alpha value is -2.98. The monoisotopic (exact) mass is 490 g/mol. The molecule has 170 valence electrons. The number of benzene rings is 2. The number of imidazole rings is 1. The Balaban J connectivity index is 1.82. The number of carbonyl (C=O) groups is 1. The molecular formula is C20H16Cl2F4N4O2. The number of rotatable bonds is 6. The number of amides is 1. The summed E-state index contributed by atoms with van der Waals surface area (Å²) in [6, 6.07) is 5.08. The van der Waals surface area contributed by atoms with E-state index in [1.807, 2.05) is 6.92 Å². The van der Waals surface area contributed by atoms with E-state index in [1.54, 1.807) is 0 Å². The number of carbonyl (C=O) groups excluding carboxylic acids is 1. The molecule has 12 heteroatoms. The van der Waals surface area contributed by atoms with Crippen LogP contribution in [0.25, 0.3) is 0 Å². The molecule has 0 spiro atoms. The van der Waals surface area contributed by atoms with Crippen molar-refractivity contribution in [3.05, 3.63) is 69.0 Å². The summed E-state index contributed by atoms with van der Waals surface area (Å²) in [4.78, 5) is 19.1. The van der Waals surface area contributed by atoms with Crippen LogP contribution in [-0.4, -0.2) is 15.9 Å². The molecule has 4 N–H and O–H groups in total. The molecule has 1 aromatic heterocycles. The van der Waals surface area contributed by atoms with Gasteiger partial charge < -0.3 is 20.8 Å². The normalized spacial score (nSPS) is 11.5. The van der Waals surface area contributed by atoms with Gasteiger partial charge in [0.1, 0.15) is 16.7 Å². The number of hydrogen-bond acceptors (Lipinski definition) is 4. The topological polar surface area (TPSA) is 93.0 Å². The molecule has 0 aliphatic carbocycles. The fourth-order valence-corrected chi connectivity index (χ4v) is 3.16. The number of ether oxygens (including phenoxy) is 1. The first-order valence-corrected chi connectivity index (χ1v) is 9.90. The number of H-pyrrole nitrogens is 1. The van der Waals surface area contributed by atoms with E-state index in [2.05, 4.69) is 15.3 Å². The quantitative estimate of drug-likeness (QED) is 0.303. The van der Waals surface area contributed by atoms with Gasteiger partial charge >= 0.3 is 6.18 Å². The van der Waals surface area contributed by atoms with Crippen molar-refractivity contribution in [1.82, 2.24) is 15.3 Å². The minimum Gasteiger partial charge on any atom is -0.453 e. The second kappa shape index (κ2) is 9.25. The van der Waals surface area contributed by atoms with Crippen LogP contribution in [0.2, 0.25) is 10.2 Å². The Kier molecular flexibility index (Phi) is 6.85. The van der Waals surface area contributed by atoms with Crippen molar-refractivity contribution in [3.63, 3.8) is 0 Å². The zero-order chi connectivity index (χ0) is 23.6. The molecule has 0 aliphatic heterocycles. The number of aryl methyl sites for hydroxylation is 1. The Morgan fingerprint density at radius 3 is 2.59 bits per heavy atom. The van der Waals surface area contributed by atoms with Gasteiger partial charge in [-0.25, -0.2) is 9.37 Å². The predicted molar refractivity (Wildman–Crippen MR) is 111 cm³/mol. The van der Waals surface area contributed by atoms with Gasteiger partial charge in [0.05, 0.1) is 10.6 Å². The lowest BCUT2D eigenvalue weighted by molar-refractivity contribution is -0.137. The van der Waals surface area contributed by atoms with Gasteiger partial charge in [-0.2, -0.15) is 13.2 Å². The summed E-state index contributed by atoms with van der Waals surface area (Å²) in [5.74, 6) is -1.96. The van der Waals surface area contributed by atoms with Crippen LogP contribution in [0.4, 0.5) is 23.2 Å². The van der Waals surface area contributed by atoms with E-state index in [4.69, 9.17) is 33.7 Å². The first kappa shape index (κ1) is 23.7. The summed E-state index contributed by atoms with van der Waals surface area (Å²) in [5, 5.41) is 2.33. The number of nitrogens with zero attached hydrogens (tertiary/aromatic N) is 1. The van der Waals surface area contributed by atoms with Crippen molar-refractivity contribution in [3.8, 4) is 11.5 Å². The SMILES string of the molecule is CCc1nc(C(=O)NCc2ccc(Cl)c(Oc3cc(N)cc(C(F)(F)F)c3)c2F)c(Cl)[nH]1. The number of nitrogen functional groups attached to an aromatic ring is 1. The third kappa shape index (κ3) is 5.25. The van der Waals surface area contributed by atoms with Crippen LogP contribution in [-0.2, 0) is 19.1 Å². The van der Waals surface area contributed by atoms with Crippen molar-refractivity contribution in [2.75, 3.05) is 5.73 Å². The molecule has 32 heavy (non-hydrogen) atoms. The van der Waals surface area contributed by atoms with E-state index < -0.39 is 29.2 Å². The van der Waals surface area contributed by atoms with Crippen molar-refractivity contribution in [2.24, 2.45) is 0 Å². The number of nitrogens with two attached hydrogens (primary N) is 1. The maximum absolute atomic E-state index is 15.0. The van der Waals surface area contributed by atoms with Crippen LogP contribution in [0.3, 0.4) is 0 Å².